The molecule has 12 N–H and O–H groups in total. The van der Waals surface area contributed by atoms with Crippen molar-refractivity contribution in [1.29, 1.82) is 5.26 Å². The average Bonchev–Trinajstić information content (AvgIpc) is 3.56. The van der Waals surface area contributed by atoms with Crippen molar-refractivity contribution in [1.82, 2.24) is 20.6 Å². The number of anilines is 2. The Balaban J connectivity index is 1.89. The zero-order chi connectivity index (χ0) is 28.8. The van der Waals surface area contributed by atoms with Crippen LogP contribution in [0.3, 0.4) is 0 Å². The Labute approximate surface area is 222 Å². The molecule has 0 radical (unpaired) electrons. The molecule has 0 aliphatic carbocycles. The zero-order valence-corrected chi connectivity index (χ0v) is 20.7. The molecular formula is C23H29N11O5. The Kier molecular flexibility index (Phi) is 11.4. The summed E-state index contributed by atoms with van der Waals surface area (Å²) >= 11 is 0. The molecule has 0 aliphatic rings. The Morgan fingerprint density at radius 2 is 1.62 bits per heavy atom. The smallest absolute Gasteiger partial charge is 0.272 e. The summed E-state index contributed by atoms with van der Waals surface area (Å²) in [5.41, 5.74) is 16.4. The number of aromatic nitrogens is 2. The number of carbonyl (C=O) groups is 5. The first-order valence-corrected chi connectivity index (χ1v) is 11.5. The van der Waals surface area contributed by atoms with E-state index in [4.69, 9.17) is 17.2 Å². The van der Waals surface area contributed by atoms with Crippen molar-refractivity contribution < 1.29 is 24.0 Å². The number of nitrogens with one attached hydrogen (secondary N) is 6. The van der Waals surface area contributed by atoms with E-state index >= 15 is 0 Å². The van der Waals surface area contributed by atoms with Gasteiger partial charge in [0.1, 0.15) is 30.3 Å². The number of hydrogen-bond acceptors (Lipinski definition) is 8. The Hall–Kier alpha value is -5.43. The second kappa shape index (κ2) is 15.0. The van der Waals surface area contributed by atoms with Crippen LogP contribution in [0, 0.1) is 11.3 Å². The van der Waals surface area contributed by atoms with E-state index in [1.165, 1.54) is 24.5 Å². The lowest BCUT2D eigenvalue weighted by atomic mass is 10.1. The molecule has 2 atom stereocenters. The highest BCUT2D eigenvalue weighted by Crippen LogP contribution is 2.14. The highest BCUT2D eigenvalue weighted by atomic mass is 16.2. The second-order valence-corrected chi connectivity index (χ2v) is 7.96. The number of H-pyrrole nitrogens is 2. The fourth-order valence-corrected chi connectivity index (χ4v) is 3.06. The number of aromatic amines is 2. The fourth-order valence-electron chi connectivity index (χ4n) is 3.06. The van der Waals surface area contributed by atoms with Crippen LogP contribution in [0.4, 0.5) is 11.4 Å². The third-order valence-corrected chi connectivity index (χ3v) is 4.86. The van der Waals surface area contributed by atoms with Crippen LogP contribution in [-0.4, -0.2) is 71.0 Å². The molecule has 0 unspecified atom stereocenters. The third kappa shape index (κ3) is 10.2. The van der Waals surface area contributed by atoms with Gasteiger partial charge in [-0.3, -0.25) is 19.2 Å². The number of nitrogens with zero attached hydrogens (tertiary/aromatic N) is 2. The van der Waals surface area contributed by atoms with Crippen molar-refractivity contribution in [3.63, 3.8) is 0 Å². The van der Waals surface area contributed by atoms with Gasteiger partial charge in [0.05, 0.1) is 29.9 Å². The molecular weight excluding hydrogens is 510 g/mol. The van der Waals surface area contributed by atoms with Gasteiger partial charge >= 0.3 is 0 Å². The van der Waals surface area contributed by atoms with Gasteiger partial charge in [-0.25, -0.2) is 4.99 Å². The molecule has 0 aliphatic heterocycles. The van der Waals surface area contributed by atoms with Crippen molar-refractivity contribution in [2.45, 2.75) is 24.9 Å². The van der Waals surface area contributed by atoms with E-state index in [0.29, 0.717) is 18.5 Å². The number of amides is 4. The van der Waals surface area contributed by atoms with Gasteiger partial charge in [0, 0.05) is 18.9 Å². The first kappa shape index (κ1) is 29.8. The summed E-state index contributed by atoms with van der Waals surface area (Å²) < 4.78 is 0. The van der Waals surface area contributed by atoms with Crippen LogP contribution in [0.1, 0.15) is 33.8 Å². The second-order valence-electron chi connectivity index (χ2n) is 7.96. The number of nitriles is 1. The molecule has 0 spiro atoms. The van der Waals surface area contributed by atoms with Crippen LogP contribution < -0.4 is 38.5 Å². The Bertz CT molecular complexity index is 1280. The summed E-state index contributed by atoms with van der Waals surface area (Å²) in [6, 6.07) is 2.56. The van der Waals surface area contributed by atoms with E-state index in [9.17, 15) is 29.2 Å². The maximum absolute atomic E-state index is 12.5. The van der Waals surface area contributed by atoms with Gasteiger partial charge in [-0.2, -0.15) is 5.26 Å². The van der Waals surface area contributed by atoms with Crippen LogP contribution in [0.25, 0.3) is 0 Å². The fraction of sp³-hybridized carbons (Fsp3) is 0.261. The van der Waals surface area contributed by atoms with Crippen LogP contribution in [0.2, 0.25) is 0 Å². The quantitative estimate of drug-likeness (QED) is 0.0578. The first-order chi connectivity index (χ1) is 18.6. The zero-order valence-electron chi connectivity index (χ0n) is 20.7. The predicted molar refractivity (Wildman–Crippen MR) is 141 cm³/mol. The lowest BCUT2D eigenvalue weighted by molar-refractivity contribution is -0.124. The molecule has 0 aromatic carbocycles. The Morgan fingerprint density at radius 1 is 0.974 bits per heavy atom. The molecule has 16 heteroatoms. The summed E-state index contributed by atoms with van der Waals surface area (Å²) in [4.78, 5) is 69.1. The van der Waals surface area contributed by atoms with Gasteiger partial charge in [-0.1, -0.05) is 12.2 Å². The van der Waals surface area contributed by atoms with Crippen LogP contribution in [0.15, 0.2) is 41.7 Å². The van der Waals surface area contributed by atoms with Gasteiger partial charge in [-0.05, 0) is 18.6 Å². The molecule has 2 rings (SSSR count). The molecule has 2 aromatic heterocycles. The third-order valence-electron chi connectivity index (χ3n) is 4.86. The minimum atomic E-state index is -1.18. The lowest BCUT2D eigenvalue weighted by Gasteiger charge is -2.14. The SMILES string of the molecule is N#C[C@H](CC(=O)N[C@H](C=O)C/C=C/CN)NC(=O)c1cc(NC(=O)c2cc(NC(=O)CN=C(N)N)c[nH]2)c[nH]1. The average molecular weight is 540 g/mol. The summed E-state index contributed by atoms with van der Waals surface area (Å²) in [7, 11) is 0. The van der Waals surface area contributed by atoms with Gasteiger partial charge in [-0.15, -0.1) is 0 Å². The summed E-state index contributed by atoms with van der Waals surface area (Å²) in [6.07, 6.45) is 6.46. The van der Waals surface area contributed by atoms with Gasteiger partial charge in [0.15, 0.2) is 5.96 Å². The molecule has 0 saturated heterocycles. The van der Waals surface area contributed by atoms with E-state index < -0.39 is 35.7 Å². The van der Waals surface area contributed by atoms with E-state index in [0.717, 1.165) is 0 Å². The predicted octanol–water partition coefficient (Wildman–Crippen LogP) is -1.59. The van der Waals surface area contributed by atoms with Crippen LogP contribution in [-0.2, 0) is 14.4 Å². The van der Waals surface area contributed by atoms with Gasteiger partial charge < -0.3 is 53.2 Å². The summed E-state index contributed by atoms with van der Waals surface area (Å²) in [5.74, 6) is -2.59. The molecule has 2 heterocycles. The molecule has 0 bridgehead atoms. The molecule has 39 heavy (non-hydrogen) atoms. The first-order valence-electron chi connectivity index (χ1n) is 11.5. The van der Waals surface area contributed by atoms with Crippen molar-refractivity contribution in [3.8, 4) is 6.07 Å². The Morgan fingerprint density at radius 3 is 2.21 bits per heavy atom. The normalized spacial score (nSPS) is 12.0. The van der Waals surface area contributed by atoms with Crippen molar-refractivity contribution in [2.75, 3.05) is 23.7 Å². The monoisotopic (exact) mass is 539 g/mol. The van der Waals surface area contributed by atoms with Crippen molar-refractivity contribution >= 4 is 47.2 Å². The van der Waals surface area contributed by atoms with Crippen molar-refractivity contribution in [3.05, 3.63) is 48.1 Å². The minimum absolute atomic E-state index is 0.0165. The van der Waals surface area contributed by atoms with Crippen LogP contribution >= 0.6 is 0 Å². The largest absolute Gasteiger partial charge is 0.370 e. The highest BCUT2D eigenvalue weighted by molar-refractivity contribution is 6.05. The number of rotatable bonds is 14. The van der Waals surface area contributed by atoms with E-state index in [2.05, 4.69) is 36.2 Å². The summed E-state index contributed by atoms with van der Waals surface area (Å²) in [5, 5.41) is 19.3. The molecule has 0 fully saturated rings. The summed E-state index contributed by atoms with van der Waals surface area (Å²) in [6.45, 7) is 0.00812. The van der Waals surface area contributed by atoms with E-state index in [-0.39, 0.29) is 42.4 Å². The molecule has 2 aromatic rings. The van der Waals surface area contributed by atoms with Gasteiger partial charge in [0.25, 0.3) is 11.8 Å². The number of nitrogens with two attached hydrogens (primary N) is 3. The minimum Gasteiger partial charge on any atom is -0.370 e. The van der Waals surface area contributed by atoms with E-state index in [1.807, 2.05) is 6.07 Å². The lowest BCUT2D eigenvalue weighted by Crippen LogP contribution is -2.41. The van der Waals surface area contributed by atoms with Crippen LogP contribution in [0.5, 0.6) is 0 Å². The van der Waals surface area contributed by atoms with Crippen molar-refractivity contribution in [2.24, 2.45) is 22.2 Å². The maximum Gasteiger partial charge on any atom is 0.272 e. The molecule has 0 saturated carbocycles. The highest BCUT2D eigenvalue weighted by Gasteiger charge is 2.20. The molecule has 16 nitrogen and oxygen atoms in total. The number of guanidine groups is 1. The maximum atomic E-state index is 12.5. The number of carbonyl (C=O) groups excluding carboxylic acids is 5. The van der Waals surface area contributed by atoms with Gasteiger partial charge in [0.2, 0.25) is 11.8 Å². The van der Waals surface area contributed by atoms with E-state index in [1.54, 1.807) is 12.2 Å². The number of hydrogen-bond donors (Lipinski definition) is 9. The number of aliphatic imine (C=N–C) groups is 1. The standard InChI is InChI=1S/C23H29N11O5/c24-4-2-1-3-13(12-35)31-19(36)7-14(8-25)33-21(38)18-6-16(10-29-18)34-22(39)17-5-15(9-28-17)32-20(37)11-30-23(26)27/h1-2,5-6,9-10,12-14,28-29H,3-4,7,11,24H2,(H,31,36)(H,32,37)(H,33,38)(H,34,39)(H4,26,27,30)/b2-1+/t13-,14-/m0/s1. The molecule has 4 amide bonds. The topological polar surface area (TPSA) is 279 Å². The molecule has 206 valence electrons. The number of aldehydes is 1.